The van der Waals surface area contributed by atoms with E-state index in [1.165, 1.54) is 23.6 Å². The van der Waals surface area contributed by atoms with E-state index in [0.29, 0.717) is 5.56 Å². The number of benzene rings is 2. The predicted molar refractivity (Wildman–Crippen MR) is 98.4 cm³/mol. The van der Waals surface area contributed by atoms with Crippen molar-refractivity contribution in [3.05, 3.63) is 57.5 Å². The Hall–Kier alpha value is -3.35. The SMILES string of the molecule is CC(=O)c1ccc2c(c1O)[C@H](c1ccc3c(c1)n(C)c(=O)n3C)CC(=O)O2. The number of imidazole rings is 1. The molecule has 0 aliphatic carbocycles. The number of hydrogen-bond acceptors (Lipinski definition) is 5. The van der Waals surface area contributed by atoms with E-state index in [1.54, 1.807) is 18.7 Å². The van der Waals surface area contributed by atoms with Crippen molar-refractivity contribution in [2.75, 3.05) is 0 Å². The molecule has 1 aliphatic heterocycles. The van der Waals surface area contributed by atoms with Gasteiger partial charge in [0, 0.05) is 25.6 Å². The molecule has 1 N–H and O–H groups in total. The molecule has 2 aromatic carbocycles. The number of fused-ring (bicyclic) bond motifs is 2. The summed E-state index contributed by atoms with van der Waals surface area (Å²) in [6.07, 6.45) is 0.0359. The van der Waals surface area contributed by atoms with Crippen LogP contribution in [0.3, 0.4) is 0 Å². The van der Waals surface area contributed by atoms with Crippen molar-refractivity contribution >= 4 is 22.8 Å². The van der Waals surface area contributed by atoms with Gasteiger partial charge >= 0.3 is 11.7 Å². The maximum atomic E-state index is 12.2. The van der Waals surface area contributed by atoms with Gasteiger partial charge in [0.2, 0.25) is 0 Å². The number of aromatic nitrogens is 2. The normalized spacial score (nSPS) is 16.3. The van der Waals surface area contributed by atoms with E-state index in [1.807, 2.05) is 18.2 Å². The molecule has 0 radical (unpaired) electrons. The van der Waals surface area contributed by atoms with Crippen molar-refractivity contribution in [2.24, 2.45) is 14.1 Å². The van der Waals surface area contributed by atoms with E-state index in [2.05, 4.69) is 0 Å². The Morgan fingerprint density at radius 1 is 1.11 bits per heavy atom. The predicted octanol–water partition coefficient (Wildman–Crippen LogP) is 2.23. The molecule has 0 spiro atoms. The van der Waals surface area contributed by atoms with Crippen LogP contribution in [-0.4, -0.2) is 26.0 Å². The average Bonchev–Trinajstić information content (AvgIpc) is 2.85. The van der Waals surface area contributed by atoms with Gasteiger partial charge in [0.1, 0.15) is 11.5 Å². The lowest BCUT2D eigenvalue weighted by Crippen LogP contribution is -2.21. The van der Waals surface area contributed by atoms with E-state index < -0.39 is 11.9 Å². The van der Waals surface area contributed by atoms with Crippen molar-refractivity contribution in [1.82, 2.24) is 9.13 Å². The second-order valence-corrected chi connectivity index (χ2v) is 6.81. The van der Waals surface area contributed by atoms with Crippen LogP contribution in [-0.2, 0) is 18.9 Å². The van der Waals surface area contributed by atoms with Gasteiger partial charge in [-0.05, 0) is 36.8 Å². The van der Waals surface area contributed by atoms with Crippen molar-refractivity contribution < 1.29 is 19.4 Å². The summed E-state index contributed by atoms with van der Waals surface area (Å²) in [5.74, 6) is -1.07. The highest BCUT2D eigenvalue weighted by Gasteiger charge is 2.33. The molecule has 1 atom stereocenters. The number of phenols is 1. The number of ketones is 1. The summed E-state index contributed by atoms with van der Waals surface area (Å²) < 4.78 is 8.35. The third kappa shape index (κ3) is 2.46. The first-order chi connectivity index (χ1) is 12.8. The molecular weight excluding hydrogens is 348 g/mol. The number of aromatic hydroxyl groups is 1. The molecule has 0 saturated carbocycles. The largest absolute Gasteiger partial charge is 0.507 e. The summed E-state index contributed by atoms with van der Waals surface area (Å²) in [5, 5.41) is 10.7. The summed E-state index contributed by atoms with van der Waals surface area (Å²) in [4.78, 5) is 36.1. The highest BCUT2D eigenvalue weighted by Crippen LogP contribution is 2.45. The van der Waals surface area contributed by atoms with E-state index in [4.69, 9.17) is 4.74 Å². The molecule has 7 heteroatoms. The number of ether oxygens (including phenoxy) is 1. The quantitative estimate of drug-likeness (QED) is 0.427. The minimum atomic E-state index is -0.472. The summed E-state index contributed by atoms with van der Waals surface area (Å²) in [6.45, 7) is 1.37. The smallest absolute Gasteiger partial charge is 0.328 e. The van der Waals surface area contributed by atoms with Gasteiger partial charge < -0.3 is 9.84 Å². The highest BCUT2D eigenvalue weighted by atomic mass is 16.5. The number of carbonyl (C=O) groups is 2. The Balaban J connectivity index is 1.95. The molecule has 0 unspecified atom stereocenters. The third-order valence-electron chi connectivity index (χ3n) is 5.20. The summed E-state index contributed by atoms with van der Waals surface area (Å²) in [6, 6.07) is 8.47. The average molecular weight is 366 g/mol. The van der Waals surface area contributed by atoms with Crippen molar-refractivity contribution in [1.29, 1.82) is 0 Å². The van der Waals surface area contributed by atoms with Gasteiger partial charge in [-0.2, -0.15) is 0 Å². The van der Waals surface area contributed by atoms with Gasteiger partial charge in [-0.3, -0.25) is 18.7 Å². The molecule has 0 saturated heterocycles. The zero-order valence-corrected chi connectivity index (χ0v) is 15.1. The highest BCUT2D eigenvalue weighted by molar-refractivity contribution is 5.98. The molecule has 0 amide bonds. The number of nitrogens with zero attached hydrogens (tertiary/aromatic N) is 2. The van der Waals surface area contributed by atoms with Gasteiger partial charge in [-0.15, -0.1) is 0 Å². The Morgan fingerprint density at radius 2 is 1.81 bits per heavy atom. The van der Waals surface area contributed by atoms with E-state index >= 15 is 0 Å². The monoisotopic (exact) mass is 366 g/mol. The lowest BCUT2D eigenvalue weighted by Gasteiger charge is -2.26. The van der Waals surface area contributed by atoms with Crippen LogP contribution in [0.4, 0.5) is 0 Å². The van der Waals surface area contributed by atoms with Gasteiger partial charge in [-0.25, -0.2) is 4.79 Å². The number of Topliss-reactive ketones (excluding diaryl/α,β-unsaturated/α-hetero) is 1. The Labute approximate surface area is 154 Å². The number of hydrogen-bond donors (Lipinski definition) is 1. The van der Waals surface area contributed by atoms with Crippen LogP contribution in [0.5, 0.6) is 11.5 Å². The molecule has 1 aromatic heterocycles. The van der Waals surface area contributed by atoms with Gasteiger partial charge in [0.05, 0.1) is 23.0 Å². The molecule has 3 aromatic rings. The number of rotatable bonds is 2. The molecule has 1 aliphatic rings. The first kappa shape index (κ1) is 17.1. The second kappa shape index (κ2) is 5.84. The standard InChI is InChI=1S/C20H18N2O5/c1-10(23)12-5-7-16-18(19(12)25)13(9-17(24)27-16)11-4-6-14-15(8-11)22(3)20(26)21(14)2/h4-8,13,25H,9H2,1-3H3/t13-/m0/s1. The topological polar surface area (TPSA) is 90.5 Å². The molecule has 0 fully saturated rings. The molecule has 138 valence electrons. The fourth-order valence-electron chi connectivity index (χ4n) is 3.76. The number of aryl methyl sites for hydroxylation is 2. The molecular formula is C20H18N2O5. The summed E-state index contributed by atoms with van der Waals surface area (Å²) in [5.41, 5.74) is 2.71. The van der Waals surface area contributed by atoms with Crippen LogP contribution in [0, 0.1) is 0 Å². The first-order valence-corrected chi connectivity index (χ1v) is 8.52. The zero-order chi connectivity index (χ0) is 19.5. The lowest BCUT2D eigenvalue weighted by molar-refractivity contribution is -0.135. The Bertz CT molecular complexity index is 1190. The molecule has 7 nitrogen and oxygen atoms in total. The van der Waals surface area contributed by atoms with Crippen LogP contribution in [0.1, 0.15) is 40.7 Å². The third-order valence-corrected chi connectivity index (χ3v) is 5.20. The number of carbonyl (C=O) groups excluding carboxylic acids is 2. The van der Waals surface area contributed by atoms with Crippen molar-refractivity contribution in [3.63, 3.8) is 0 Å². The van der Waals surface area contributed by atoms with Crippen molar-refractivity contribution in [2.45, 2.75) is 19.3 Å². The first-order valence-electron chi connectivity index (χ1n) is 8.52. The molecule has 4 rings (SSSR count). The summed E-state index contributed by atoms with van der Waals surface area (Å²) in [7, 11) is 3.38. The fourth-order valence-corrected chi connectivity index (χ4v) is 3.76. The van der Waals surface area contributed by atoms with Crippen molar-refractivity contribution in [3.8, 4) is 11.5 Å². The van der Waals surface area contributed by atoms with Gasteiger partial charge in [0.15, 0.2) is 5.78 Å². The fraction of sp³-hybridized carbons (Fsp3) is 0.250. The molecule has 0 bridgehead atoms. The zero-order valence-electron chi connectivity index (χ0n) is 15.1. The van der Waals surface area contributed by atoms with E-state index in [9.17, 15) is 19.5 Å². The van der Waals surface area contributed by atoms with E-state index in [-0.39, 0.29) is 35.0 Å². The van der Waals surface area contributed by atoms with Gasteiger partial charge in [-0.1, -0.05) is 6.07 Å². The Morgan fingerprint density at radius 3 is 2.52 bits per heavy atom. The Kier molecular flexibility index (Phi) is 3.69. The molecule has 27 heavy (non-hydrogen) atoms. The van der Waals surface area contributed by atoms with Crippen LogP contribution >= 0.6 is 0 Å². The number of esters is 1. The van der Waals surface area contributed by atoms with Crippen LogP contribution in [0.15, 0.2) is 35.1 Å². The second-order valence-electron chi connectivity index (χ2n) is 6.81. The minimum Gasteiger partial charge on any atom is -0.507 e. The van der Waals surface area contributed by atoms with Crippen LogP contribution < -0.4 is 10.4 Å². The van der Waals surface area contributed by atoms with Crippen LogP contribution in [0.2, 0.25) is 0 Å². The maximum Gasteiger partial charge on any atom is 0.328 e. The maximum absolute atomic E-state index is 12.2. The minimum absolute atomic E-state index is 0.0359. The summed E-state index contributed by atoms with van der Waals surface area (Å²) >= 11 is 0. The lowest BCUT2D eigenvalue weighted by atomic mass is 9.84. The number of phenolic OH excluding ortho intramolecular Hbond substituents is 1. The van der Waals surface area contributed by atoms with Crippen LogP contribution in [0.25, 0.3) is 11.0 Å². The van der Waals surface area contributed by atoms with Gasteiger partial charge in [0.25, 0.3) is 0 Å². The van der Waals surface area contributed by atoms with E-state index in [0.717, 1.165) is 16.6 Å². The molecule has 2 heterocycles.